The highest BCUT2D eigenvalue weighted by molar-refractivity contribution is 5.92. The molecule has 0 saturated carbocycles. The molecule has 10 heteroatoms. The fraction of sp³-hybridized carbons (Fsp3) is 0.500. The summed E-state index contributed by atoms with van der Waals surface area (Å²) < 4.78 is 0. The van der Waals surface area contributed by atoms with Crippen molar-refractivity contribution >= 4 is 23.7 Å². The fourth-order valence-corrected chi connectivity index (χ4v) is 2.78. The van der Waals surface area contributed by atoms with Gasteiger partial charge >= 0.3 is 5.97 Å². The number of aliphatic carboxylic acids is 1. The maximum absolute atomic E-state index is 12.6. The number of carbonyl (C=O) groups is 4. The van der Waals surface area contributed by atoms with E-state index in [0.29, 0.717) is 0 Å². The lowest BCUT2D eigenvalue weighted by molar-refractivity contribution is -0.142. The van der Waals surface area contributed by atoms with Gasteiger partial charge in [-0.2, -0.15) is 0 Å². The third-order valence-corrected chi connectivity index (χ3v) is 4.36. The van der Waals surface area contributed by atoms with E-state index in [2.05, 4.69) is 10.6 Å². The molecule has 0 radical (unpaired) electrons. The van der Waals surface area contributed by atoms with Crippen LogP contribution in [0, 0.1) is 5.92 Å². The topological polar surface area (TPSA) is 185 Å². The predicted molar refractivity (Wildman–Crippen MR) is 109 cm³/mol. The number of primary amides is 1. The van der Waals surface area contributed by atoms with Gasteiger partial charge in [0.15, 0.2) is 0 Å². The second-order valence-electron chi connectivity index (χ2n) is 7.57. The smallest absolute Gasteiger partial charge is 0.326 e. The molecule has 3 amide bonds. The average Bonchev–Trinajstić information content (AvgIpc) is 2.65. The zero-order valence-electron chi connectivity index (χ0n) is 17.1. The van der Waals surface area contributed by atoms with E-state index in [0.717, 1.165) is 5.56 Å². The number of carbonyl (C=O) groups excluding carboxylic acids is 3. The van der Waals surface area contributed by atoms with Crippen LogP contribution in [0.1, 0.15) is 38.7 Å². The second-order valence-corrected chi connectivity index (χ2v) is 7.57. The maximum Gasteiger partial charge on any atom is 0.326 e. The van der Waals surface area contributed by atoms with Crippen molar-refractivity contribution in [3.63, 3.8) is 0 Å². The van der Waals surface area contributed by atoms with Crippen molar-refractivity contribution in [1.82, 2.24) is 10.6 Å². The largest absolute Gasteiger partial charge is 0.508 e. The zero-order chi connectivity index (χ0) is 22.8. The molecule has 3 atom stereocenters. The fourth-order valence-electron chi connectivity index (χ4n) is 2.78. The summed E-state index contributed by atoms with van der Waals surface area (Å²) in [5.74, 6) is -3.09. The molecule has 0 aromatic heterocycles. The lowest BCUT2D eigenvalue weighted by Crippen LogP contribution is -2.55. The minimum absolute atomic E-state index is 0.0308. The van der Waals surface area contributed by atoms with Gasteiger partial charge in [-0.3, -0.25) is 14.4 Å². The van der Waals surface area contributed by atoms with Gasteiger partial charge in [-0.15, -0.1) is 0 Å². The molecular formula is C20H30N4O6. The van der Waals surface area contributed by atoms with Crippen molar-refractivity contribution in [3.8, 4) is 5.75 Å². The Morgan fingerprint density at radius 1 is 1.00 bits per heavy atom. The Morgan fingerprint density at radius 2 is 1.57 bits per heavy atom. The minimum atomic E-state index is -1.30. The molecule has 0 aliphatic carbocycles. The van der Waals surface area contributed by atoms with Crippen molar-refractivity contribution in [2.24, 2.45) is 17.4 Å². The Bertz CT molecular complexity index is 750. The second kappa shape index (κ2) is 11.8. The van der Waals surface area contributed by atoms with Crippen molar-refractivity contribution in [1.29, 1.82) is 0 Å². The van der Waals surface area contributed by atoms with Gasteiger partial charge in [-0.1, -0.05) is 26.0 Å². The van der Waals surface area contributed by atoms with Crippen LogP contribution < -0.4 is 22.1 Å². The first-order valence-corrected chi connectivity index (χ1v) is 9.65. The molecule has 1 aromatic rings. The van der Waals surface area contributed by atoms with E-state index in [9.17, 15) is 29.4 Å². The molecule has 1 rings (SSSR count). The number of phenolic OH excluding ortho intramolecular Hbond substituents is 1. The van der Waals surface area contributed by atoms with Gasteiger partial charge in [0.25, 0.3) is 0 Å². The number of carboxylic acid groups (broad SMARTS) is 1. The van der Waals surface area contributed by atoms with Crippen LogP contribution in [0.2, 0.25) is 0 Å². The van der Waals surface area contributed by atoms with Gasteiger partial charge in [-0.05, 0) is 42.9 Å². The summed E-state index contributed by atoms with van der Waals surface area (Å²) in [5.41, 5.74) is 11.7. The van der Waals surface area contributed by atoms with Crippen LogP contribution in [-0.2, 0) is 25.6 Å². The monoisotopic (exact) mass is 422 g/mol. The first-order chi connectivity index (χ1) is 14.0. The van der Waals surface area contributed by atoms with E-state index < -0.39 is 41.8 Å². The number of hydrogen-bond donors (Lipinski definition) is 6. The number of benzene rings is 1. The molecule has 0 saturated heterocycles. The van der Waals surface area contributed by atoms with Crippen LogP contribution in [0.15, 0.2) is 24.3 Å². The molecule has 10 nitrogen and oxygen atoms in total. The lowest BCUT2D eigenvalue weighted by atomic mass is 10.0. The number of amides is 3. The summed E-state index contributed by atoms with van der Waals surface area (Å²) in [6.07, 6.45) is 0.110. The van der Waals surface area contributed by atoms with Crippen LogP contribution >= 0.6 is 0 Å². The van der Waals surface area contributed by atoms with Crippen molar-refractivity contribution in [2.75, 3.05) is 0 Å². The van der Waals surface area contributed by atoms with Gasteiger partial charge in [0.1, 0.15) is 17.8 Å². The van der Waals surface area contributed by atoms with Crippen molar-refractivity contribution < 1.29 is 29.4 Å². The summed E-state index contributed by atoms with van der Waals surface area (Å²) >= 11 is 0. The molecule has 8 N–H and O–H groups in total. The Labute approximate surface area is 175 Å². The van der Waals surface area contributed by atoms with Crippen LogP contribution in [0.4, 0.5) is 0 Å². The number of nitrogens with two attached hydrogens (primary N) is 2. The molecule has 0 aliphatic heterocycles. The molecular weight excluding hydrogens is 392 g/mol. The van der Waals surface area contributed by atoms with Gasteiger partial charge < -0.3 is 32.3 Å². The third-order valence-electron chi connectivity index (χ3n) is 4.36. The van der Waals surface area contributed by atoms with Gasteiger partial charge in [-0.25, -0.2) is 4.79 Å². The Kier molecular flexibility index (Phi) is 9.76. The molecule has 0 aliphatic rings. The molecule has 0 fully saturated rings. The van der Waals surface area contributed by atoms with Gasteiger partial charge in [0, 0.05) is 6.42 Å². The van der Waals surface area contributed by atoms with Crippen LogP contribution in [0.5, 0.6) is 5.75 Å². The number of hydrogen-bond acceptors (Lipinski definition) is 6. The summed E-state index contributed by atoms with van der Waals surface area (Å²) in [6.45, 7) is 3.70. The highest BCUT2D eigenvalue weighted by atomic mass is 16.4. The molecule has 3 unspecified atom stereocenters. The van der Waals surface area contributed by atoms with E-state index >= 15 is 0 Å². The summed E-state index contributed by atoms with van der Waals surface area (Å²) in [4.78, 5) is 47.4. The normalized spacial score (nSPS) is 13.9. The molecule has 0 heterocycles. The lowest BCUT2D eigenvalue weighted by Gasteiger charge is -2.24. The summed E-state index contributed by atoms with van der Waals surface area (Å²) in [5, 5.41) is 23.5. The van der Waals surface area contributed by atoms with E-state index in [1.165, 1.54) is 12.1 Å². The minimum Gasteiger partial charge on any atom is -0.508 e. The first kappa shape index (κ1) is 24.9. The van der Waals surface area contributed by atoms with E-state index in [4.69, 9.17) is 11.5 Å². The molecule has 0 spiro atoms. The zero-order valence-corrected chi connectivity index (χ0v) is 17.1. The number of nitrogens with one attached hydrogen (secondary N) is 2. The molecule has 30 heavy (non-hydrogen) atoms. The van der Waals surface area contributed by atoms with Crippen LogP contribution in [-0.4, -0.2) is 52.0 Å². The number of aromatic hydroxyl groups is 1. The highest BCUT2D eigenvalue weighted by Gasteiger charge is 2.28. The maximum atomic E-state index is 12.6. The van der Waals surface area contributed by atoms with E-state index in [1.807, 2.05) is 13.8 Å². The standard InChI is InChI=1S/C20H30N4O6/c1-11(2)9-16(19(28)23-15(20(29)30)7-8-17(22)26)24-18(27)14(21)10-12-3-5-13(25)6-4-12/h3-6,11,14-16,25H,7-10,21H2,1-2H3,(H2,22,26)(H,23,28)(H,24,27)(H,29,30). The number of phenols is 1. The predicted octanol–water partition coefficient (Wildman–Crippen LogP) is -0.372. The van der Waals surface area contributed by atoms with Crippen molar-refractivity contribution in [2.45, 2.75) is 57.7 Å². The van der Waals surface area contributed by atoms with Crippen molar-refractivity contribution in [3.05, 3.63) is 29.8 Å². The van der Waals surface area contributed by atoms with Crippen LogP contribution in [0.25, 0.3) is 0 Å². The van der Waals surface area contributed by atoms with E-state index in [-0.39, 0.29) is 37.4 Å². The van der Waals surface area contributed by atoms with Gasteiger partial charge in [0.05, 0.1) is 6.04 Å². The Morgan fingerprint density at radius 3 is 2.07 bits per heavy atom. The quantitative estimate of drug-likeness (QED) is 0.265. The first-order valence-electron chi connectivity index (χ1n) is 9.65. The molecule has 1 aromatic carbocycles. The Hall–Kier alpha value is -3.14. The van der Waals surface area contributed by atoms with Gasteiger partial charge in [0.2, 0.25) is 17.7 Å². The van der Waals surface area contributed by atoms with Crippen LogP contribution in [0.3, 0.4) is 0 Å². The average molecular weight is 422 g/mol. The van der Waals surface area contributed by atoms with E-state index in [1.54, 1.807) is 12.1 Å². The summed E-state index contributed by atoms with van der Waals surface area (Å²) in [7, 11) is 0. The SMILES string of the molecule is CC(C)CC(NC(=O)C(N)Cc1ccc(O)cc1)C(=O)NC(CCC(N)=O)C(=O)O. The number of carboxylic acids is 1. The number of rotatable bonds is 12. The molecule has 0 bridgehead atoms. The highest BCUT2D eigenvalue weighted by Crippen LogP contribution is 2.12. The third kappa shape index (κ3) is 8.91. The summed E-state index contributed by atoms with van der Waals surface area (Å²) in [6, 6.07) is 3.00. The Balaban J connectivity index is 2.79. The molecule has 166 valence electrons.